The highest BCUT2D eigenvalue weighted by Crippen LogP contribution is 2.27. The third-order valence-corrected chi connectivity index (χ3v) is 4.93. The first-order valence-corrected chi connectivity index (χ1v) is 8.95. The number of imidazole rings is 1. The molecule has 1 saturated heterocycles. The summed E-state index contributed by atoms with van der Waals surface area (Å²) >= 11 is 0. The van der Waals surface area contributed by atoms with Gasteiger partial charge >= 0.3 is 0 Å². The van der Waals surface area contributed by atoms with Crippen LogP contribution >= 0.6 is 0 Å². The summed E-state index contributed by atoms with van der Waals surface area (Å²) in [5, 5.41) is 0. The van der Waals surface area contributed by atoms with E-state index in [2.05, 4.69) is 9.97 Å². The van der Waals surface area contributed by atoms with Crippen LogP contribution in [0.5, 0.6) is 0 Å². The van der Waals surface area contributed by atoms with Gasteiger partial charge in [-0.3, -0.25) is 9.78 Å². The largest absolute Gasteiger partial charge is 0.338 e. The molecule has 4 rings (SSSR count). The van der Waals surface area contributed by atoms with Crippen LogP contribution in [0.2, 0.25) is 0 Å². The first-order chi connectivity index (χ1) is 13.1. The van der Waals surface area contributed by atoms with Crippen LogP contribution < -0.4 is 0 Å². The van der Waals surface area contributed by atoms with Crippen LogP contribution in [0.4, 0.5) is 4.39 Å². The zero-order valence-electron chi connectivity index (χ0n) is 15.0. The molecule has 1 aliphatic rings. The second-order valence-electron chi connectivity index (χ2n) is 6.82. The minimum atomic E-state index is -0.399. The van der Waals surface area contributed by atoms with E-state index in [9.17, 15) is 9.18 Å². The number of aryl methyl sites for hydroxylation is 1. The molecule has 27 heavy (non-hydrogen) atoms. The highest BCUT2D eigenvalue weighted by Gasteiger charge is 2.27. The van der Waals surface area contributed by atoms with E-state index in [1.165, 1.54) is 12.1 Å². The Morgan fingerprint density at radius 3 is 2.89 bits per heavy atom. The van der Waals surface area contributed by atoms with E-state index >= 15 is 0 Å². The van der Waals surface area contributed by atoms with Crippen LogP contribution in [-0.2, 0) is 7.05 Å². The first kappa shape index (κ1) is 17.3. The van der Waals surface area contributed by atoms with E-state index in [-0.39, 0.29) is 11.8 Å². The van der Waals surface area contributed by atoms with Crippen molar-refractivity contribution in [2.24, 2.45) is 7.05 Å². The number of likely N-dealkylation sites (tertiary alicyclic amines) is 1. The summed E-state index contributed by atoms with van der Waals surface area (Å²) in [5.74, 6) is -0.434. The number of halogens is 1. The number of hydrogen-bond acceptors (Lipinski definition) is 4. The standard InChI is InChI=1S/C20H20FN5O/c1-25-13-23-11-19(25)18-10-22-9-17(24-18)15-5-3-7-26(12-15)20(27)14-4-2-6-16(21)8-14/h2,4,6,8-11,13,15H,3,5,7,12H2,1H3. The van der Waals surface area contributed by atoms with Crippen LogP contribution in [0.3, 0.4) is 0 Å². The lowest BCUT2D eigenvalue weighted by atomic mass is 9.94. The molecule has 1 unspecified atom stereocenters. The average Bonchev–Trinajstić information content (AvgIpc) is 3.13. The fourth-order valence-corrected chi connectivity index (χ4v) is 3.51. The second kappa shape index (κ2) is 7.26. The third kappa shape index (κ3) is 3.58. The molecule has 0 saturated carbocycles. The molecule has 0 aliphatic carbocycles. The van der Waals surface area contributed by atoms with Gasteiger partial charge in [-0.2, -0.15) is 0 Å². The van der Waals surface area contributed by atoms with Gasteiger partial charge in [0.05, 0.1) is 30.1 Å². The van der Waals surface area contributed by atoms with Gasteiger partial charge in [0.25, 0.3) is 5.91 Å². The average molecular weight is 365 g/mol. The maximum absolute atomic E-state index is 13.5. The van der Waals surface area contributed by atoms with E-state index in [0.717, 1.165) is 29.9 Å². The number of benzene rings is 1. The fourth-order valence-electron chi connectivity index (χ4n) is 3.51. The van der Waals surface area contributed by atoms with Crippen molar-refractivity contribution in [3.05, 3.63) is 66.3 Å². The van der Waals surface area contributed by atoms with Gasteiger partial charge in [0, 0.05) is 37.8 Å². The third-order valence-electron chi connectivity index (χ3n) is 4.93. The summed E-state index contributed by atoms with van der Waals surface area (Å²) in [5.41, 5.74) is 2.91. The number of amides is 1. The van der Waals surface area contributed by atoms with Crippen molar-refractivity contribution in [3.63, 3.8) is 0 Å². The Kier molecular flexibility index (Phi) is 4.66. The van der Waals surface area contributed by atoms with E-state index in [0.29, 0.717) is 18.7 Å². The predicted octanol–water partition coefficient (Wildman–Crippen LogP) is 3.04. The van der Waals surface area contributed by atoms with Crippen LogP contribution in [0.25, 0.3) is 11.4 Å². The van der Waals surface area contributed by atoms with E-state index in [4.69, 9.17) is 4.98 Å². The Morgan fingerprint density at radius 2 is 2.11 bits per heavy atom. The fraction of sp³-hybridized carbons (Fsp3) is 0.300. The lowest BCUT2D eigenvalue weighted by Gasteiger charge is -2.32. The van der Waals surface area contributed by atoms with Crippen LogP contribution in [0.1, 0.15) is 34.8 Å². The molecule has 6 nitrogen and oxygen atoms in total. The molecule has 7 heteroatoms. The minimum Gasteiger partial charge on any atom is -0.338 e. The van der Waals surface area contributed by atoms with Gasteiger partial charge in [-0.1, -0.05) is 6.07 Å². The monoisotopic (exact) mass is 365 g/mol. The summed E-state index contributed by atoms with van der Waals surface area (Å²) < 4.78 is 15.3. The van der Waals surface area contributed by atoms with Crippen LogP contribution in [-0.4, -0.2) is 43.4 Å². The summed E-state index contributed by atoms with van der Waals surface area (Å²) in [6.45, 7) is 1.22. The number of aromatic nitrogens is 4. The van der Waals surface area contributed by atoms with Crippen molar-refractivity contribution >= 4 is 5.91 Å². The van der Waals surface area contributed by atoms with E-state index in [1.54, 1.807) is 42.0 Å². The number of carbonyl (C=O) groups is 1. The molecule has 0 bridgehead atoms. The van der Waals surface area contributed by atoms with Crippen molar-refractivity contribution in [3.8, 4) is 11.4 Å². The molecule has 1 fully saturated rings. The highest BCUT2D eigenvalue weighted by atomic mass is 19.1. The summed E-state index contributed by atoms with van der Waals surface area (Å²) in [6, 6.07) is 5.84. The van der Waals surface area contributed by atoms with E-state index in [1.807, 2.05) is 11.6 Å². The highest BCUT2D eigenvalue weighted by molar-refractivity contribution is 5.94. The Morgan fingerprint density at radius 1 is 1.22 bits per heavy atom. The molecule has 0 radical (unpaired) electrons. The van der Waals surface area contributed by atoms with Crippen molar-refractivity contribution in [1.29, 1.82) is 0 Å². The van der Waals surface area contributed by atoms with Gasteiger partial charge in [-0.15, -0.1) is 0 Å². The topological polar surface area (TPSA) is 63.9 Å². The van der Waals surface area contributed by atoms with Crippen LogP contribution in [0, 0.1) is 5.82 Å². The molecule has 1 amide bonds. The summed E-state index contributed by atoms with van der Waals surface area (Å²) in [7, 11) is 1.91. The molecule has 1 aliphatic heterocycles. The zero-order chi connectivity index (χ0) is 18.8. The molecule has 138 valence electrons. The molecule has 3 heterocycles. The summed E-state index contributed by atoms with van der Waals surface area (Å²) in [4.78, 5) is 27.7. The van der Waals surface area contributed by atoms with Gasteiger partial charge in [0.1, 0.15) is 11.5 Å². The molecule has 1 aromatic carbocycles. The number of piperidine rings is 1. The SMILES string of the molecule is Cn1cncc1-c1cncc(C2CCCN(C(=O)c3cccc(F)c3)C2)n1. The first-order valence-electron chi connectivity index (χ1n) is 8.95. The minimum absolute atomic E-state index is 0.108. The van der Waals surface area contributed by atoms with Crippen molar-refractivity contribution < 1.29 is 9.18 Å². The molecule has 3 aromatic rings. The second-order valence-corrected chi connectivity index (χ2v) is 6.82. The van der Waals surface area contributed by atoms with Crippen LogP contribution in [0.15, 0.2) is 49.2 Å². The van der Waals surface area contributed by atoms with Gasteiger partial charge in [0.15, 0.2) is 0 Å². The van der Waals surface area contributed by atoms with E-state index < -0.39 is 5.82 Å². The van der Waals surface area contributed by atoms with Crippen molar-refractivity contribution in [1.82, 2.24) is 24.4 Å². The van der Waals surface area contributed by atoms with Crippen molar-refractivity contribution in [2.75, 3.05) is 13.1 Å². The Bertz CT molecular complexity index is 970. The quantitative estimate of drug-likeness (QED) is 0.716. The maximum Gasteiger partial charge on any atom is 0.253 e. The Hall–Kier alpha value is -3.09. The zero-order valence-corrected chi connectivity index (χ0v) is 15.0. The lowest BCUT2D eigenvalue weighted by Crippen LogP contribution is -2.39. The molecular weight excluding hydrogens is 345 g/mol. The number of carbonyl (C=O) groups excluding carboxylic acids is 1. The van der Waals surface area contributed by atoms with Gasteiger partial charge in [-0.05, 0) is 31.0 Å². The van der Waals surface area contributed by atoms with Gasteiger partial charge < -0.3 is 9.47 Å². The Labute approximate surface area is 156 Å². The number of hydrogen-bond donors (Lipinski definition) is 0. The van der Waals surface area contributed by atoms with Crippen molar-refractivity contribution in [2.45, 2.75) is 18.8 Å². The smallest absolute Gasteiger partial charge is 0.253 e. The molecule has 0 spiro atoms. The molecule has 2 aromatic heterocycles. The molecular formula is C20H20FN5O. The maximum atomic E-state index is 13.5. The summed E-state index contributed by atoms with van der Waals surface area (Å²) in [6.07, 6.45) is 8.79. The lowest BCUT2D eigenvalue weighted by molar-refractivity contribution is 0.0705. The van der Waals surface area contributed by atoms with Gasteiger partial charge in [0.2, 0.25) is 0 Å². The molecule has 0 N–H and O–H groups in total. The normalized spacial score (nSPS) is 17.1. The predicted molar refractivity (Wildman–Crippen MR) is 98.5 cm³/mol. The number of nitrogens with zero attached hydrogens (tertiary/aromatic N) is 5. The number of rotatable bonds is 3. The van der Waals surface area contributed by atoms with Gasteiger partial charge in [-0.25, -0.2) is 14.4 Å². The Balaban J connectivity index is 1.55. The molecule has 1 atom stereocenters.